The second-order valence-electron chi connectivity index (χ2n) is 6.74. The van der Waals surface area contributed by atoms with Crippen molar-refractivity contribution >= 4 is 23.4 Å². The van der Waals surface area contributed by atoms with E-state index in [2.05, 4.69) is 10.2 Å². The summed E-state index contributed by atoms with van der Waals surface area (Å²) in [6, 6.07) is 5.44. The van der Waals surface area contributed by atoms with Gasteiger partial charge in [0.05, 0.1) is 0 Å². The molecule has 2 atom stereocenters. The zero-order valence-electron chi connectivity index (χ0n) is 13.3. The van der Waals surface area contributed by atoms with Gasteiger partial charge in [-0.3, -0.25) is 19.7 Å². The standard InChI is InChI=1S/C17H20N4O3/c18-11-5-6-20(9-11)12-1-2-13-10(7-12)8-21(17(13)24)14-3-4-15(22)19-16(14)23/h1-2,7,11,14H,3-6,8-9,18H2,(H,19,22,23)/t11-,14?/m1/s1. The van der Waals surface area contributed by atoms with Crippen LogP contribution >= 0.6 is 0 Å². The van der Waals surface area contributed by atoms with Crippen LogP contribution in [0.15, 0.2) is 18.2 Å². The number of hydrogen-bond acceptors (Lipinski definition) is 5. The highest BCUT2D eigenvalue weighted by molar-refractivity contribution is 6.05. The van der Waals surface area contributed by atoms with Crippen molar-refractivity contribution < 1.29 is 14.4 Å². The molecule has 4 rings (SSSR count). The van der Waals surface area contributed by atoms with Gasteiger partial charge in [0.15, 0.2) is 0 Å². The highest BCUT2D eigenvalue weighted by atomic mass is 16.2. The maximum absolute atomic E-state index is 12.6. The minimum atomic E-state index is -0.564. The molecule has 0 aliphatic carbocycles. The summed E-state index contributed by atoms with van der Waals surface area (Å²) in [7, 11) is 0. The number of hydrogen-bond donors (Lipinski definition) is 2. The summed E-state index contributed by atoms with van der Waals surface area (Å²) in [5.74, 6) is -0.782. The number of nitrogens with one attached hydrogen (secondary N) is 1. The van der Waals surface area contributed by atoms with Crippen molar-refractivity contribution in [2.24, 2.45) is 5.73 Å². The fourth-order valence-electron chi connectivity index (χ4n) is 3.78. The molecule has 24 heavy (non-hydrogen) atoms. The lowest BCUT2D eigenvalue weighted by Crippen LogP contribution is -2.52. The number of fused-ring (bicyclic) bond motifs is 1. The molecule has 0 radical (unpaired) electrons. The summed E-state index contributed by atoms with van der Waals surface area (Å²) in [6.07, 6.45) is 1.63. The Morgan fingerprint density at radius 1 is 1.17 bits per heavy atom. The van der Waals surface area contributed by atoms with Crippen LogP contribution in [-0.2, 0) is 16.1 Å². The van der Waals surface area contributed by atoms with Gasteiger partial charge in [-0.25, -0.2) is 0 Å². The van der Waals surface area contributed by atoms with Crippen LogP contribution < -0.4 is 16.0 Å². The van der Waals surface area contributed by atoms with Crippen molar-refractivity contribution in [3.05, 3.63) is 29.3 Å². The second kappa shape index (κ2) is 5.59. The van der Waals surface area contributed by atoms with E-state index in [1.807, 2.05) is 18.2 Å². The van der Waals surface area contributed by atoms with E-state index in [4.69, 9.17) is 5.73 Å². The molecule has 3 heterocycles. The van der Waals surface area contributed by atoms with Gasteiger partial charge < -0.3 is 15.5 Å². The van der Waals surface area contributed by atoms with Gasteiger partial charge in [0.25, 0.3) is 5.91 Å². The number of carbonyl (C=O) groups excluding carboxylic acids is 3. The number of rotatable bonds is 2. The van der Waals surface area contributed by atoms with Crippen molar-refractivity contribution in [3.63, 3.8) is 0 Å². The Bertz CT molecular complexity index is 733. The van der Waals surface area contributed by atoms with Crippen molar-refractivity contribution in [1.82, 2.24) is 10.2 Å². The quantitative estimate of drug-likeness (QED) is 0.744. The van der Waals surface area contributed by atoms with E-state index in [-0.39, 0.29) is 30.2 Å². The van der Waals surface area contributed by atoms with E-state index in [1.54, 1.807) is 4.90 Å². The van der Waals surface area contributed by atoms with Crippen molar-refractivity contribution in [1.29, 1.82) is 0 Å². The molecule has 2 saturated heterocycles. The number of anilines is 1. The van der Waals surface area contributed by atoms with E-state index < -0.39 is 6.04 Å². The first-order chi connectivity index (χ1) is 11.5. The van der Waals surface area contributed by atoms with E-state index in [9.17, 15) is 14.4 Å². The third-order valence-electron chi connectivity index (χ3n) is 5.10. The molecule has 7 nitrogen and oxygen atoms in total. The minimum Gasteiger partial charge on any atom is -0.370 e. The average Bonchev–Trinajstić information content (AvgIpc) is 3.11. The largest absolute Gasteiger partial charge is 0.370 e. The molecule has 2 fully saturated rings. The monoisotopic (exact) mass is 328 g/mol. The molecule has 126 valence electrons. The van der Waals surface area contributed by atoms with Crippen LogP contribution in [0.1, 0.15) is 35.2 Å². The number of nitrogens with zero attached hydrogens (tertiary/aromatic N) is 2. The van der Waals surface area contributed by atoms with Crippen molar-refractivity contribution in [3.8, 4) is 0 Å². The van der Waals surface area contributed by atoms with Gasteiger partial charge in [-0.2, -0.15) is 0 Å². The number of piperidine rings is 1. The first kappa shape index (κ1) is 15.1. The molecular weight excluding hydrogens is 308 g/mol. The molecule has 3 N–H and O–H groups in total. The maximum atomic E-state index is 12.6. The van der Waals surface area contributed by atoms with Crippen LogP contribution in [0.2, 0.25) is 0 Å². The lowest BCUT2D eigenvalue weighted by atomic mass is 10.0. The van der Waals surface area contributed by atoms with E-state index in [0.717, 1.165) is 30.8 Å². The summed E-state index contributed by atoms with van der Waals surface area (Å²) >= 11 is 0. The van der Waals surface area contributed by atoms with Gasteiger partial charge >= 0.3 is 0 Å². The summed E-state index contributed by atoms with van der Waals surface area (Å²) in [4.78, 5) is 39.8. The zero-order chi connectivity index (χ0) is 16.8. The molecule has 3 aliphatic heterocycles. The SMILES string of the molecule is N[C@@H]1CCN(c2ccc3c(c2)CN(C2CCC(=O)NC2=O)C3=O)C1. The maximum Gasteiger partial charge on any atom is 0.255 e. The molecule has 0 bridgehead atoms. The molecule has 0 spiro atoms. The molecule has 7 heteroatoms. The van der Waals surface area contributed by atoms with Crippen molar-refractivity contribution in [2.45, 2.75) is 37.9 Å². The second-order valence-corrected chi connectivity index (χ2v) is 6.74. The third-order valence-corrected chi connectivity index (χ3v) is 5.10. The van der Waals surface area contributed by atoms with Crippen molar-refractivity contribution in [2.75, 3.05) is 18.0 Å². The summed E-state index contributed by atoms with van der Waals surface area (Å²) in [5.41, 5.74) is 8.61. The summed E-state index contributed by atoms with van der Waals surface area (Å²) in [6.45, 7) is 2.16. The molecule has 0 aromatic heterocycles. The Morgan fingerprint density at radius 3 is 2.71 bits per heavy atom. The molecular formula is C17H20N4O3. The number of benzene rings is 1. The van der Waals surface area contributed by atoms with E-state index in [0.29, 0.717) is 18.5 Å². The topological polar surface area (TPSA) is 95.7 Å². The zero-order valence-corrected chi connectivity index (χ0v) is 13.3. The molecule has 3 aliphatic rings. The normalized spacial score (nSPS) is 26.8. The highest BCUT2D eigenvalue weighted by Gasteiger charge is 2.39. The van der Waals surface area contributed by atoms with E-state index in [1.165, 1.54) is 0 Å². The fourth-order valence-corrected chi connectivity index (χ4v) is 3.78. The molecule has 1 unspecified atom stereocenters. The van der Waals surface area contributed by atoms with Gasteiger partial charge in [-0.05, 0) is 36.6 Å². The first-order valence-electron chi connectivity index (χ1n) is 8.31. The number of amides is 3. The predicted molar refractivity (Wildman–Crippen MR) is 87.3 cm³/mol. The Hall–Kier alpha value is -2.41. The lowest BCUT2D eigenvalue weighted by Gasteiger charge is -2.29. The van der Waals surface area contributed by atoms with Crippen LogP contribution in [0.4, 0.5) is 5.69 Å². The molecule has 1 aromatic rings. The Kier molecular flexibility index (Phi) is 3.53. The molecule has 3 amide bonds. The van der Waals surface area contributed by atoms with Crippen LogP contribution in [-0.4, -0.2) is 47.8 Å². The van der Waals surface area contributed by atoms with Gasteiger partial charge in [0.2, 0.25) is 11.8 Å². The smallest absolute Gasteiger partial charge is 0.255 e. The minimum absolute atomic E-state index is 0.135. The highest BCUT2D eigenvalue weighted by Crippen LogP contribution is 2.31. The number of nitrogens with two attached hydrogens (primary N) is 1. The van der Waals surface area contributed by atoms with Gasteiger partial charge in [-0.15, -0.1) is 0 Å². The molecule has 0 saturated carbocycles. The van der Waals surface area contributed by atoms with Crippen LogP contribution in [0.25, 0.3) is 0 Å². The number of imide groups is 1. The Labute approximate surface area is 139 Å². The Morgan fingerprint density at radius 2 is 2.00 bits per heavy atom. The van der Waals surface area contributed by atoms with Gasteiger partial charge in [0, 0.05) is 43.3 Å². The average molecular weight is 328 g/mol. The fraction of sp³-hybridized carbons (Fsp3) is 0.471. The molecule has 1 aromatic carbocycles. The van der Waals surface area contributed by atoms with E-state index >= 15 is 0 Å². The van der Waals surface area contributed by atoms with Gasteiger partial charge in [-0.1, -0.05) is 0 Å². The first-order valence-corrected chi connectivity index (χ1v) is 8.31. The van der Waals surface area contributed by atoms with Crippen LogP contribution in [0, 0.1) is 0 Å². The van der Waals surface area contributed by atoms with Gasteiger partial charge in [0.1, 0.15) is 6.04 Å². The summed E-state index contributed by atoms with van der Waals surface area (Å²) in [5, 5.41) is 2.32. The lowest BCUT2D eigenvalue weighted by molar-refractivity contribution is -0.136. The summed E-state index contributed by atoms with van der Waals surface area (Å²) < 4.78 is 0. The predicted octanol–water partition coefficient (Wildman–Crippen LogP) is -0.0150. The van der Waals surface area contributed by atoms with Crippen LogP contribution in [0.3, 0.4) is 0 Å². The van der Waals surface area contributed by atoms with Crippen LogP contribution in [0.5, 0.6) is 0 Å². The number of carbonyl (C=O) groups is 3. The third kappa shape index (κ3) is 2.45. The Balaban J connectivity index is 1.56.